The number of nitrogens with zero attached hydrogens (tertiary/aromatic N) is 8. The van der Waals surface area contributed by atoms with E-state index in [1.165, 1.54) is 10.6 Å². The third kappa shape index (κ3) is 3.69. The van der Waals surface area contributed by atoms with Crippen LogP contribution >= 0.6 is 0 Å². The van der Waals surface area contributed by atoms with Gasteiger partial charge in [-0.1, -0.05) is 0 Å². The lowest BCUT2D eigenvalue weighted by Gasteiger charge is -2.25. The highest BCUT2D eigenvalue weighted by Crippen LogP contribution is 2.37. The lowest BCUT2D eigenvalue weighted by atomic mass is 10.1. The summed E-state index contributed by atoms with van der Waals surface area (Å²) in [6.07, 6.45) is 14.3. The SMILES string of the molecule is CN1Cc2ncc(-c3cnn(C4CCNCC4)c3)cc2N1S(=O)(=O)c1cnc2ccc(-c3cn[nH]c3)cn12. The number of hydrogen-bond donors (Lipinski definition) is 2. The van der Waals surface area contributed by atoms with Gasteiger partial charge in [0.25, 0.3) is 10.0 Å². The molecule has 13 heteroatoms. The van der Waals surface area contributed by atoms with Crippen molar-refractivity contribution < 1.29 is 8.42 Å². The van der Waals surface area contributed by atoms with Gasteiger partial charge in [0.05, 0.1) is 42.6 Å². The Kier molecular flexibility index (Phi) is 5.32. The first-order chi connectivity index (χ1) is 18.5. The molecule has 7 rings (SSSR count). The van der Waals surface area contributed by atoms with Crippen LogP contribution in [0.4, 0.5) is 5.69 Å². The smallest absolute Gasteiger partial charge is 0.295 e. The number of pyridine rings is 2. The van der Waals surface area contributed by atoms with Crippen LogP contribution in [0.1, 0.15) is 24.6 Å². The summed E-state index contributed by atoms with van der Waals surface area (Å²) in [6.45, 7) is 2.33. The van der Waals surface area contributed by atoms with Crippen LogP contribution in [0.5, 0.6) is 0 Å². The predicted molar refractivity (Wildman–Crippen MR) is 141 cm³/mol. The molecule has 12 nitrogen and oxygen atoms in total. The number of hydrazine groups is 1. The Morgan fingerprint density at radius 1 is 0.947 bits per heavy atom. The Labute approximate surface area is 219 Å². The van der Waals surface area contributed by atoms with Crippen molar-refractivity contribution in [2.45, 2.75) is 30.5 Å². The van der Waals surface area contributed by atoms with Crippen molar-refractivity contribution in [2.75, 3.05) is 24.6 Å². The fourth-order valence-electron chi connectivity index (χ4n) is 5.28. The second-order valence-corrected chi connectivity index (χ2v) is 11.4. The second kappa shape index (κ2) is 8.75. The monoisotopic (exact) mass is 530 g/mol. The Bertz CT molecular complexity index is 1730. The van der Waals surface area contributed by atoms with Crippen molar-refractivity contribution in [3.63, 3.8) is 0 Å². The number of nitrogens with one attached hydrogen (secondary N) is 2. The Morgan fingerprint density at radius 2 is 1.82 bits per heavy atom. The van der Waals surface area contributed by atoms with Crippen LogP contribution in [0, 0.1) is 0 Å². The van der Waals surface area contributed by atoms with Gasteiger partial charge >= 0.3 is 0 Å². The number of piperidine rings is 1. The van der Waals surface area contributed by atoms with Gasteiger partial charge in [0.15, 0.2) is 5.03 Å². The normalized spacial score (nSPS) is 16.9. The molecule has 0 saturated carbocycles. The van der Waals surface area contributed by atoms with Crippen molar-refractivity contribution in [1.29, 1.82) is 0 Å². The van der Waals surface area contributed by atoms with Crippen LogP contribution in [0.25, 0.3) is 27.9 Å². The average molecular weight is 531 g/mol. The molecule has 2 aliphatic heterocycles. The first-order valence-corrected chi connectivity index (χ1v) is 13.9. The maximum absolute atomic E-state index is 14.1. The molecule has 0 unspecified atom stereocenters. The summed E-state index contributed by atoms with van der Waals surface area (Å²) in [5.74, 6) is 0. The summed E-state index contributed by atoms with van der Waals surface area (Å²) in [6, 6.07) is 5.93. The first kappa shape index (κ1) is 23.1. The van der Waals surface area contributed by atoms with Gasteiger partial charge in [-0.2, -0.15) is 23.0 Å². The summed E-state index contributed by atoms with van der Waals surface area (Å²) in [4.78, 5) is 8.99. The highest BCUT2D eigenvalue weighted by Gasteiger charge is 2.38. The molecule has 1 fully saturated rings. The van der Waals surface area contributed by atoms with E-state index in [0.29, 0.717) is 29.6 Å². The minimum absolute atomic E-state index is 0.0710. The van der Waals surface area contributed by atoms with Gasteiger partial charge in [0, 0.05) is 54.1 Å². The molecule has 0 amide bonds. The number of sulfonamides is 1. The minimum Gasteiger partial charge on any atom is -0.317 e. The number of aromatic amines is 1. The number of H-pyrrole nitrogens is 1. The zero-order valence-corrected chi connectivity index (χ0v) is 21.5. The molecule has 2 N–H and O–H groups in total. The van der Waals surface area contributed by atoms with Gasteiger partial charge in [0.1, 0.15) is 5.65 Å². The molecule has 194 valence electrons. The van der Waals surface area contributed by atoms with E-state index in [2.05, 4.69) is 30.6 Å². The topological polar surface area (TPSA) is 129 Å². The number of fused-ring (bicyclic) bond motifs is 2. The van der Waals surface area contributed by atoms with Crippen molar-refractivity contribution in [3.8, 4) is 22.3 Å². The van der Waals surface area contributed by atoms with E-state index in [1.54, 1.807) is 47.3 Å². The van der Waals surface area contributed by atoms with Crippen LogP contribution in [0.15, 0.2) is 66.6 Å². The predicted octanol–water partition coefficient (Wildman–Crippen LogP) is 2.46. The molecule has 7 heterocycles. The van der Waals surface area contributed by atoms with Gasteiger partial charge in [-0.05, 0) is 44.1 Å². The number of anilines is 1. The third-order valence-electron chi connectivity index (χ3n) is 7.25. The molecule has 5 aromatic heterocycles. The average Bonchev–Trinajstić information content (AvgIpc) is 3.73. The van der Waals surface area contributed by atoms with Crippen LogP contribution in [-0.2, 0) is 16.6 Å². The molecule has 0 aliphatic carbocycles. The molecule has 0 atom stereocenters. The van der Waals surface area contributed by atoms with Crippen LogP contribution in [0.2, 0.25) is 0 Å². The van der Waals surface area contributed by atoms with Gasteiger partial charge in [-0.3, -0.25) is 19.2 Å². The lowest BCUT2D eigenvalue weighted by Crippen LogP contribution is -2.40. The van der Waals surface area contributed by atoms with Crippen LogP contribution in [0.3, 0.4) is 0 Å². The van der Waals surface area contributed by atoms with Gasteiger partial charge < -0.3 is 5.32 Å². The first-order valence-electron chi connectivity index (χ1n) is 12.5. The van der Waals surface area contributed by atoms with Crippen molar-refractivity contribution in [3.05, 3.63) is 67.3 Å². The molecule has 5 aromatic rings. The fraction of sp³-hybridized carbons (Fsp3) is 0.280. The zero-order valence-electron chi connectivity index (χ0n) is 20.7. The van der Waals surface area contributed by atoms with E-state index in [-0.39, 0.29) is 5.03 Å². The van der Waals surface area contributed by atoms with E-state index in [9.17, 15) is 8.42 Å². The highest BCUT2D eigenvalue weighted by molar-refractivity contribution is 7.92. The van der Waals surface area contributed by atoms with Crippen molar-refractivity contribution in [2.24, 2.45) is 0 Å². The van der Waals surface area contributed by atoms with E-state index in [0.717, 1.165) is 48.2 Å². The molecular formula is C25H26N10O2S. The van der Waals surface area contributed by atoms with E-state index in [4.69, 9.17) is 0 Å². The van der Waals surface area contributed by atoms with Gasteiger partial charge in [-0.25, -0.2) is 9.99 Å². The van der Waals surface area contributed by atoms with Crippen molar-refractivity contribution in [1.82, 2.24) is 44.7 Å². The number of rotatable bonds is 5. The lowest BCUT2D eigenvalue weighted by molar-refractivity contribution is 0.343. The Hall–Kier alpha value is -4.07. The Balaban J connectivity index is 1.27. The van der Waals surface area contributed by atoms with Crippen LogP contribution in [-0.4, -0.2) is 67.9 Å². The highest BCUT2D eigenvalue weighted by atomic mass is 32.2. The van der Waals surface area contributed by atoms with Gasteiger partial charge in [0.2, 0.25) is 0 Å². The van der Waals surface area contributed by atoms with E-state index in [1.807, 2.05) is 29.2 Å². The van der Waals surface area contributed by atoms with E-state index < -0.39 is 10.0 Å². The molecular weight excluding hydrogens is 504 g/mol. The second-order valence-electron chi connectivity index (χ2n) is 9.67. The summed E-state index contributed by atoms with van der Waals surface area (Å²) in [7, 11) is -2.27. The fourth-order valence-corrected chi connectivity index (χ4v) is 6.88. The molecule has 1 saturated heterocycles. The largest absolute Gasteiger partial charge is 0.317 e. The molecule has 38 heavy (non-hydrogen) atoms. The molecule has 0 bridgehead atoms. The molecule has 0 spiro atoms. The maximum atomic E-state index is 14.1. The quantitative estimate of drug-likeness (QED) is 0.355. The van der Waals surface area contributed by atoms with Gasteiger partial charge in [-0.15, -0.1) is 0 Å². The molecule has 0 radical (unpaired) electrons. The third-order valence-corrected chi connectivity index (χ3v) is 9.02. The number of hydrogen-bond acceptors (Lipinski definition) is 8. The summed E-state index contributed by atoms with van der Waals surface area (Å²) in [5.41, 5.74) is 5.16. The summed E-state index contributed by atoms with van der Waals surface area (Å²) in [5, 5.41) is 16.5. The number of aromatic nitrogens is 7. The zero-order chi connectivity index (χ0) is 25.9. The van der Waals surface area contributed by atoms with Crippen LogP contribution < -0.4 is 9.73 Å². The summed E-state index contributed by atoms with van der Waals surface area (Å²) >= 11 is 0. The standard InChI is InChI=1S/C25H26N10O2S/c1-32-16-22-23(8-18(9-27-22)20-12-31-34(15-20)21-4-6-26-7-5-21)35(32)38(36,37)25-13-28-24-3-2-17(14-33(24)25)19-10-29-30-11-19/h2-3,8-15,21,26H,4-7,16H2,1H3,(H,29,30). The molecule has 2 aliphatic rings. The molecule has 0 aromatic carbocycles. The minimum atomic E-state index is -4.01. The van der Waals surface area contributed by atoms with Crippen molar-refractivity contribution >= 4 is 21.4 Å². The summed E-state index contributed by atoms with van der Waals surface area (Å²) < 4.78 is 33.1. The van der Waals surface area contributed by atoms with E-state index >= 15 is 0 Å². The Morgan fingerprint density at radius 3 is 2.63 bits per heavy atom. The number of imidazole rings is 1. The maximum Gasteiger partial charge on any atom is 0.295 e.